The summed E-state index contributed by atoms with van der Waals surface area (Å²) in [6, 6.07) is 10.8. The number of nitrogens with zero attached hydrogens (tertiary/aromatic N) is 3. The number of aliphatic hydroxyl groups is 1. The first-order chi connectivity index (χ1) is 11.4. The van der Waals surface area contributed by atoms with Crippen molar-refractivity contribution in [1.82, 2.24) is 9.80 Å². The normalized spacial score (nSPS) is 20.7. The van der Waals surface area contributed by atoms with E-state index in [-0.39, 0.29) is 30.6 Å². The first kappa shape index (κ1) is 19.5. The summed E-state index contributed by atoms with van der Waals surface area (Å²) in [6.07, 6.45) is 6.38. The molecule has 0 aromatic heterocycles. The van der Waals surface area contributed by atoms with Gasteiger partial charge < -0.3 is 14.9 Å². The van der Waals surface area contributed by atoms with Crippen molar-refractivity contribution in [2.45, 2.75) is 32.1 Å². The highest BCUT2D eigenvalue weighted by Gasteiger charge is 2.27. The number of β-amino-alcohol motifs (C(OH)–C–C–N with tert-alkyl or cyclic N) is 1. The number of likely N-dealkylation sites (tertiary alicyclic amines) is 1. The van der Waals surface area contributed by atoms with Gasteiger partial charge in [-0.15, -0.1) is 24.0 Å². The van der Waals surface area contributed by atoms with E-state index in [0.717, 1.165) is 38.1 Å². The topological polar surface area (TPSA) is 39.1 Å². The highest BCUT2D eigenvalue weighted by molar-refractivity contribution is 14.0. The molecule has 0 bridgehead atoms. The fraction of sp³-hybridized carbons (Fsp3) is 0.632. The molecule has 2 aliphatic heterocycles. The Hall–Kier alpha value is -0.820. The maximum atomic E-state index is 9.20. The van der Waals surface area contributed by atoms with Gasteiger partial charge in [0.2, 0.25) is 0 Å². The zero-order valence-electron chi connectivity index (χ0n) is 14.4. The van der Waals surface area contributed by atoms with E-state index in [2.05, 4.69) is 45.1 Å². The van der Waals surface area contributed by atoms with Gasteiger partial charge in [0.25, 0.3) is 0 Å². The molecular formula is C19H30IN3O. The van der Waals surface area contributed by atoms with Gasteiger partial charge >= 0.3 is 0 Å². The largest absolute Gasteiger partial charge is 0.395 e. The average Bonchev–Trinajstić information content (AvgIpc) is 3.05. The third-order valence-electron chi connectivity index (χ3n) is 5.00. The minimum Gasteiger partial charge on any atom is -0.395 e. The van der Waals surface area contributed by atoms with E-state index in [1.807, 2.05) is 0 Å². The van der Waals surface area contributed by atoms with Gasteiger partial charge in [-0.2, -0.15) is 0 Å². The van der Waals surface area contributed by atoms with Crippen LogP contribution in [0.25, 0.3) is 0 Å². The van der Waals surface area contributed by atoms with Gasteiger partial charge in [-0.1, -0.05) is 30.3 Å². The zero-order chi connectivity index (χ0) is 15.9. The molecule has 1 aromatic rings. The van der Waals surface area contributed by atoms with Crippen molar-refractivity contribution in [2.75, 3.05) is 39.3 Å². The van der Waals surface area contributed by atoms with Crippen LogP contribution in [-0.4, -0.2) is 60.2 Å². The lowest BCUT2D eigenvalue weighted by Gasteiger charge is -2.37. The van der Waals surface area contributed by atoms with Crippen molar-refractivity contribution < 1.29 is 5.11 Å². The van der Waals surface area contributed by atoms with Gasteiger partial charge in [-0.25, -0.2) is 0 Å². The number of aliphatic imine (C=N–C) groups is 1. The van der Waals surface area contributed by atoms with Crippen LogP contribution < -0.4 is 0 Å². The maximum Gasteiger partial charge on any atom is 0.196 e. The summed E-state index contributed by atoms with van der Waals surface area (Å²) in [5.41, 5.74) is 1.45. The van der Waals surface area contributed by atoms with E-state index in [4.69, 9.17) is 0 Å². The molecule has 134 valence electrons. The third kappa shape index (κ3) is 5.34. The number of aliphatic hydroxyl groups excluding tert-OH is 1. The second-order valence-electron chi connectivity index (χ2n) is 6.72. The number of rotatable bonds is 6. The van der Waals surface area contributed by atoms with Gasteiger partial charge in [0.15, 0.2) is 5.96 Å². The van der Waals surface area contributed by atoms with E-state index in [0.29, 0.717) is 6.54 Å². The molecule has 1 saturated heterocycles. The van der Waals surface area contributed by atoms with Crippen molar-refractivity contribution in [2.24, 2.45) is 10.9 Å². The lowest BCUT2D eigenvalue weighted by molar-refractivity contribution is 0.207. The molecule has 0 radical (unpaired) electrons. The van der Waals surface area contributed by atoms with Crippen molar-refractivity contribution >= 4 is 29.9 Å². The second-order valence-corrected chi connectivity index (χ2v) is 6.72. The number of piperidine rings is 1. The zero-order valence-corrected chi connectivity index (χ0v) is 16.8. The predicted molar refractivity (Wildman–Crippen MR) is 110 cm³/mol. The number of benzene rings is 1. The van der Waals surface area contributed by atoms with Gasteiger partial charge in [-0.3, -0.25) is 4.99 Å². The molecule has 1 fully saturated rings. The molecule has 4 nitrogen and oxygen atoms in total. The summed E-state index contributed by atoms with van der Waals surface area (Å²) in [5.74, 6) is 1.92. The fourth-order valence-corrected chi connectivity index (χ4v) is 3.83. The molecule has 2 heterocycles. The summed E-state index contributed by atoms with van der Waals surface area (Å²) in [4.78, 5) is 9.38. The summed E-state index contributed by atoms with van der Waals surface area (Å²) in [7, 11) is 0. The molecule has 0 spiro atoms. The van der Waals surface area contributed by atoms with Crippen LogP contribution in [0.5, 0.6) is 0 Å². The average molecular weight is 443 g/mol. The Bertz CT molecular complexity index is 509. The number of halogens is 1. The molecule has 0 aliphatic carbocycles. The lowest BCUT2D eigenvalue weighted by atomic mass is 9.92. The summed E-state index contributed by atoms with van der Waals surface area (Å²) < 4.78 is 0. The van der Waals surface area contributed by atoms with Crippen LogP contribution in [0.1, 0.15) is 31.2 Å². The third-order valence-corrected chi connectivity index (χ3v) is 5.00. The lowest BCUT2D eigenvalue weighted by Crippen LogP contribution is -2.47. The fourth-order valence-electron chi connectivity index (χ4n) is 3.83. The summed E-state index contributed by atoms with van der Waals surface area (Å²) >= 11 is 0. The highest BCUT2D eigenvalue weighted by Crippen LogP contribution is 2.23. The van der Waals surface area contributed by atoms with Crippen LogP contribution in [0.3, 0.4) is 0 Å². The minimum absolute atomic E-state index is 0. The Morgan fingerprint density at radius 2 is 2.00 bits per heavy atom. The Morgan fingerprint density at radius 1 is 1.17 bits per heavy atom. The van der Waals surface area contributed by atoms with Crippen LogP contribution >= 0.6 is 24.0 Å². The second kappa shape index (κ2) is 10.2. The standard InChI is InChI=1S/C19H29N3O.HI/c23-15-14-21-13-11-20-19(21)22-12-5-10-18(16-22)9-4-8-17-6-2-1-3-7-17;/h1-3,6-7,18,23H,4-5,8-16H2;1H. The number of aryl methyl sites for hydroxylation is 1. The van der Waals surface area contributed by atoms with Crippen molar-refractivity contribution in [3.05, 3.63) is 35.9 Å². The molecule has 0 amide bonds. The molecule has 24 heavy (non-hydrogen) atoms. The van der Waals surface area contributed by atoms with E-state index in [1.54, 1.807) is 0 Å². The number of guanidine groups is 1. The Kier molecular flexibility index (Phi) is 8.32. The SMILES string of the molecule is I.OCCN1CCN=C1N1CCCC(CCCc2ccccc2)C1. The smallest absolute Gasteiger partial charge is 0.196 e. The molecule has 1 unspecified atom stereocenters. The van der Waals surface area contributed by atoms with E-state index in [1.165, 1.54) is 37.7 Å². The Morgan fingerprint density at radius 3 is 2.79 bits per heavy atom. The van der Waals surface area contributed by atoms with Crippen LogP contribution in [0.2, 0.25) is 0 Å². The molecule has 2 aliphatic rings. The predicted octanol–water partition coefficient (Wildman–Crippen LogP) is 3.00. The van der Waals surface area contributed by atoms with E-state index >= 15 is 0 Å². The van der Waals surface area contributed by atoms with Crippen molar-refractivity contribution in [3.63, 3.8) is 0 Å². The molecule has 5 heteroatoms. The number of hydrogen-bond acceptors (Lipinski definition) is 4. The van der Waals surface area contributed by atoms with Crippen LogP contribution in [-0.2, 0) is 6.42 Å². The summed E-state index contributed by atoms with van der Waals surface area (Å²) in [5, 5.41) is 9.20. The first-order valence-electron chi connectivity index (χ1n) is 9.06. The molecule has 1 aromatic carbocycles. The molecule has 0 saturated carbocycles. The Labute approximate surface area is 163 Å². The first-order valence-corrected chi connectivity index (χ1v) is 9.06. The van der Waals surface area contributed by atoms with Crippen molar-refractivity contribution in [3.8, 4) is 0 Å². The van der Waals surface area contributed by atoms with Crippen LogP contribution in [0.15, 0.2) is 35.3 Å². The molecule has 3 rings (SSSR count). The van der Waals surface area contributed by atoms with Gasteiger partial charge in [0, 0.05) is 26.2 Å². The van der Waals surface area contributed by atoms with Gasteiger partial charge in [0.1, 0.15) is 0 Å². The van der Waals surface area contributed by atoms with E-state index in [9.17, 15) is 5.11 Å². The maximum absolute atomic E-state index is 9.20. The summed E-state index contributed by atoms with van der Waals surface area (Å²) in [6.45, 7) is 5.03. The van der Waals surface area contributed by atoms with Crippen molar-refractivity contribution in [1.29, 1.82) is 0 Å². The van der Waals surface area contributed by atoms with E-state index < -0.39 is 0 Å². The monoisotopic (exact) mass is 443 g/mol. The van der Waals surface area contributed by atoms with Crippen LogP contribution in [0.4, 0.5) is 0 Å². The molecule has 1 atom stereocenters. The number of hydrogen-bond donors (Lipinski definition) is 1. The van der Waals surface area contributed by atoms with Gasteiger partial charge in [-0.05, 0) is 43.6 Å². The molecule has 1 N–H and O–H groups in total. The van der Waals surface area contributed by atoms with Gasteiger partial charge in [0.05, 0.1) is 13.2 Å². The van der Waals surface area contributed by atoms with Crippen LogP contribution in [0, 0.1) is 5.92 Å². The Balaban J connectivity index is 0.00000208. The quantitative estimate of drug-likeness (QED) is 0.688. The minimum atomic E-state index is 0. The molecular weight excluding hydrogens is 413 g/mol. The highest BCUT2D eigenvalue weighted by atomic mass is 127.